The van der Waals surface area contributed by atoms with Gasteiger partial charge >= 0.3 is 18.3 Å². The summed E-state index contributed by atoms with van der Waals surface area (Å²) in [6.45, 7) is 36.0. The lowest BCUT2D eigenvalue weighted by molar-refractivity contribution is -0.144. The van der Waals surface area contributed by atoms with Gasteiger partial charge in [-0.25, -0.2) is 40.7 Å². The van der Waals surface area contributed by atoms with Gasteiger partial charge in [0.2, 0.25) is 47.1 Å². The lowest BCUT2D eigenvalue weighted by Crippen LogP contribution is -2.60. The summed E-state index contributed by atoms with van der Waals surface area (Å²) in [6.07, 6.45) is -2.13. The molecule has 32 nitrogen and oxygen atoms in total. The molecular weight excluding hydrogens is 1740 g/mol. The van der Waals surface area contributed by atoms with Crippen molar-refractivity contribution in [3.63, 3.8) is 0 Å². The molecule has 11 amide bonds. The van der Waals surface area contributed by atoms with Gasteiger partial charge in [-0.1, -0.05) is 62.3 Å². The number of ether oxygens (including phenoxy) is 6. The SMILES string of the molecule is C[C@@H](C(=O)C[C@H](C(=O)N1CC[C@H]2C(C(=O)CNC(=O)C(=O)CCC(=O)N3C[C@H](COc4ccc(F)c(F)c4)[C@@H]4[C@H]3CCN4C(=O)[C@@H](NC(=O)[C@H](C)N(C)C(=O)OC(C)(C)C)C(C)(C)C)C[C@H](COc3ccc(F)c(F)c3)[C@H]21)C(C)(C)C)N(C)C(=O)OC(C)(C)C.C[C@@H](C(=O)N[C@H](C(=O)N1CC[C@@H]2[C@H]1[C@@H](COc1ccc(F)c(F)c1)CN2C(=O)CN)C(C)(C)C)N(C)C(=O)OC(C)(C)C. The summed E-state index contributed by atoms with van der Waals surface area (Å²) in [5.41, 5.74) is 0.885. The van der Waals surface area contributed by atoms with E-state index in [2.05, 4.69) is 16.0 Å². The van der Waals surface area contributed by atoms with Gasteiger partial charge in [0.25, 0.3) is 5.91 Å². The maximum absolute atomic E-state index is 14.9. The molecule has 9 rings (SSSR count). The fraction of sp³-hybridized carbons (Fsp3) is 0.663. The first-order valence-electron chi connectivity index (χ1n) is 45.2. The van der Waals surface area contributed by atoms with E-state index in [1.165, 1.54) is 61.0 Å². The Bertz CT molecular complexity index is 4590. The highest BCUT2D eigenvalue weighted by Gasteiger charge is 2.58. The predicted molar refractivity (Wildman–Crippen MR) is 476 cm³/mol. The summed E-state index contributed by atoms with van der Waals surface area (Å²) in [4.78, 5) is 203. The molecule has 0 aromatic heterocycles. The minimum atomic E-state index is -1.16. The molecule has 1 unspecified atom stereocenters. The molecule has 5 saturated heterocycles. The van der Waals surface area contributed by atoms with Crippen LogP contribution in [0.25, 0.3) is 0 Å². The number of ketones is 3. The summed E-state index contributed by atoms with van der Waals surface area (Å²) in [7, 11) is 4.30. The third-order valence-corrected chi connectivity index (χ3v) is 25.5. The van der Waals surface area contributed by atoms with Crippen molar-refractivity contribution in [1.82, 2.24) is 55.1 Å². The third-order valence-electron chi connectivity index (χ3n) is 25.5. The van der Waals surface area contributed by atoms with Crippen molar-refractivity contribution in [2.24, 2.45) is 57.5 Å². The van der Waals surface area contributed by atoms with E-state index in [1.54, 1.807) is 117 Å². The first-order valence-corrected chi connectivity index (χ1v) is 45.2. The topological polar surface area (TPSA) is 382 Å². The second-order valence-corrected chi connectivity index (χ2v) is 41.9. The number of nitrogens with one attached hydrogen (secondary N) is 3. The van der Waals surface area contributed by atoms with Crippen LogP contribution in [0.15, 0.2) is 54.6 Å². The van der Waals surface area contributed by atoms with Gasteiger partial charge in [0.15, 0.2) is 46.5 Å². The van der Waals surface area contributed by atoms with Crippen molar-refractivity contribution < 1.29 is 122 Å². The molecule has 38 heteroatoms. The molecule has 133 heavy (non-hydrogen) atoms. The summed E-state index contributed by atoms with van der Waals surface area (Å²) >= 11 is 0. The van der Waals surface area contributed by atoms with E-state index in [4.69, 9.17) is 34.2 Å². The molecule has 3 aromatic carbocycles. The number of amides is 11. The van der Waals surface area contributed by atoms with Gasteiger partial charge in [0.05, 0.1) is 63.1 Å². The van der Waals surface area contributed by atoms with E-state index in [0.717, 1.165) is 41.3 Å². The van der Waals surface area contributed by atoms with Crippen LogP contribution in [0, 0.1) is 86.7 Å². The number of nitrogens with two attached hydrogens (primary N) is 1. The van der Waals surface area contributed by atoms with Crippen molar-refractivity contribution in [2.45, 2.75) is 268 Å². The Hall–Kier alpha value is -10.8. The van der Waals surface area contributed by atoms with Crippen LogP contribution in [0.3, 0.4) is 0 Å². The molecule has 1 saturated carbocycles. The third kappa shape index (κ3) is 27.3. The van der Waals surface area contributed by atoms with Crippen molar-refractivity contribution in [1.29, 1.82) is 0 Å². The van der Waals surface area contributed by atoms with E-state index in [-0.39, 0.29) is 125 Å². The van der Waals surface area contributed by atoms with E-state index in [9.17, 15) is 93.5 Å². The highest BCUT2D eigenvalue weighted by Crippen LogP contribution is 2.49. The number of likely N-dealkylation sites (N-methyl/N-ethyl adjacent to an activating group) is 3. The van der Waals surface area contributed by atoms with Crippen LogP contribution in [0.4, 0.5) is 40.7 Å². The number of hydrogen-bond donors (Lipinski definition) is 4. The second-order valence-electron chi connectivity index (χ2n) is 41.9. The lowest BCUT2D eigenvalue weighted by atomic mass is 9.76. The molecule has 0 bridgehead atoms. The maximum Gasteiger partial charge on any atom is 0.410 e. The van der Waals surface area contributed by atoms with Crippen LogP contribution in [-0.2, 0) is 67.0 Å². The number of rotatable bonds is 30. The van der Waals surface area contributed by atoms with E-state index in [1.807, 2.05) is 41.5 Å². The fourth-order valence-corrected chi connectivity index (χ4v) is 18.0. The van der Waals surface area contributed by atoms with E-state index >= 15 is 0 Å². The fourth-order valence-electron chi connectivity index (χ4n) is 18.0. The smallest absolute Gasteiger partial charge is 0.410 e. The van der Waals surface area contributed by atoms with Crippen molar-refractivity contribution in [3.05, 3.63) is 89.5 Å². The second kappa shape index (κ2) is 43.2. The Balaban J connectivity index is 0.000000421. The summed E-state index contributed by atoms with van der Waals surface area (Å²) < 4.78 is 118. The van der Waals surface area contributed by atoms with Crippen molar-refractivity contribution >= 4 is 82.9 Å². The maximum atomic E-state index is 14.9. The Morgan fingerprint density at radius 1 is 0.444 bits per heavy atom. The number of nitrogens with zero attached hydrogens (tertiary/aromatic N) is 8. The van der Waals surface area contributed by atoms with Gasteiger partial charge in [-0.15, -0.1) is 0 Å². The average molecular weight is 1880 g/mol. The predicted octanol–water partition coefficient (Wildman–Crippen LogP) is 10.2. The standard InChI is InChI=1S/C65H91F4N7O14.C30H45F2N5O6/c1-35(72(15)60(85)89-64(9,10)11)50(78)30-43(62(3,4)5)58(83)74-25-23-41-42(27-37(53(41)74)33-87-39-17-19-44(66)46(68)28-39)51(79)31-70-57(82)49(77)21-22-52(80)76-32-38(34-88-40-18-20-45(67)47(69)29-40)54-48(76)24-26-75(54)59(84)55(63(6,7)8)71-56(81)36(2)73(16)61(86)90-65(12,13)14;1-17(35(8)28(41)43-30(5,6)7)26(39)34-25(29(2,3)4)27(40)36-12-11-22-24(36)18(15-37(22)23(38)14-33)16-42-19-9-10-20(31)21(32)13-19/h17-20,28-29,35-38,41-43,48,53-55H,21-27,30-34H2,1-16H3,(H,70,82)(H,71,81);9-10,13,17-18,22,24-25H,11-12,14-16,33H2,1-8H3,(H,34,39)/t35-,36-,37+,38+,41-,42?,43+,48+,53+,54+,55+;17-,18+,22+,24+,25+/m00/s1. The Labute approximate surface area is 775 Å². The van der Waals surface area contributed by atoms with Gasteiger partial charge in [0.1, 0.15) is 58.2 Å². The zero-order chi connectivity index (χ0) is 99.9. The first kappa shape index (κ1) is 108. The van der Waals surface area contributed by atoms with E-state index < -0.39 is 231 Å². The molecule has 738 valence electrons. The van der Waals surface area contributed by atoms with Crippen LogP contribution >= 0.6 is 0 Å². The molecule has 1 aliphatic carbocycles. The van der Waals surface area contributed by atoms with Crippen molar-refractivity contribution in [2.75, 3.05) is 86.8 Å². The average Bonchev–Trinajstić information content (AvgIpc) is 1.63. The number of fused-ring (bicyclic) bond motifs is 3. The van der Waals surface area contributed by atoms with E-state index in [0.29, 0.717) is 19.4 Å². The number of halogens is 6. The van der Waals surface area contributed by atoms with Gasteiger partial charge in [-0.05, 0) is 167 Å². The Morgan fingerprint density at radius 2 is 0.805 bits per heavy atom. The molecule has 6 fully saturated rings. The van der Waals surface area contributed by atoms with Crippen molar-refractivity contribution in [3.8, 4) is 17.2 Å². The monoisotopic (exact) mass is 1880 g/mol. The van der Waals surface area contributed by atoms with Crippen LogP contribution in [0.1, 0.15) is 190 Å². The number of Topliss-reactive ketones (excluding diaryl/α,β-unsaturated/α-hetero) is 3. The zero-order valence-electron chi connectivity index (χ0n) is 81.0. The summed E-state index contributed by atoms with van der Waals surface area (Å²) in [6, 6.07) is 1.44. The number of carbonyl (C=O) groups excluding carboxylic acids is 14. The first-order chi connectivity index (χ1) is 61.4. The van der Waals surface area contributed by atoms with Crippen LogP contribution in [-0.4, -0.2) is 286 Å². The lowest BCUT2D eigenvalue weighted by Gasteiger charge is -2.38. The minimum Gasteiger partial charge on any atom is -0.493 e. The molecule has 0 spiro atoms. The number of carbonyl (C=O) groups is 14. The largest absolute Gasteiger partial charge is 0.493 e. The molecule has 6 aliphatic rings. The molecule has 3 aromatic rings. The number of benzene rings is 3. The molecule has 5 heterocycles. The summed E-state index contributed by atoms with van der Waals surface area (Å²) in [5.74, 6) is -16.2. The molecule has 16 atom stereocenters. The number of hydrogen-bond acceptors (Lipinski definition) is 21. The van der Waals surface area contributed by atoms with Gasteiger partial charge in [-0.3, -0.25) is 62.5 Å². The normalized spacial score (nSPS) is 21.9. The highest BCUT2D eigenvalue weighted by molar-refractivity contribution is 6.36. The summed E-state index contributed by atoms with van der Waals surface area (Å²) in [5, 5.41) is 8.11. The van der Waals surface area contributed by atoms with Crippen LogP contribution in [0.5, 0.6) is 17.2 Å². The highest BCUT2D eigenvalue weighted by atomic mass is 19.2. The molecular formula is C95H136F6N12O20. The van der Waals surface area contributed by atoms with Crippen LogP contribution in [0.2, 0.25) is 0 Å². The molecule has 5 N–H and O–H groups in total. The van der Waals surface area contributed by atoms with Gasteiger partial charge < -0.3 is 79.5 Å². The Morgan fingerprint density at radius 3 is 1.17 bits per heavy atom. The quantitative estimate of drug-likeness (QED) is 0.0274. The van der Waals surface area contributed by atoms with Gasteiger partial charge in [-0.2, -0.15) is 0 Å². The molecule has 0 radical (unpaired) electrons. The Kier molecular flexibility index (Phi) is 35.0. The number of likely N-dealkylation sites (tertiary alicyclic amines) is 5. The van der Waals surface area contributed by atoms with Crippen LogP contribution < -0.4 is 35.9 Å². The van der Waals surface area contributed by atoms with Gasteiger partial charge in [0, 0.05) is 127 Å². The minimum absolute atomic E-state index is 0.00487. The molecule has 5 aliphatic heterocycles. The zero-order valence-corrected chi connectivity index (χ0v) is 81.0.